The lowest BCUT2D eigenvalue weighted by molar-refractivity contribution is 0.152. The number of nitrogens with zero attached hydrogens (tertiary/aromatic N) is 1. The molecule has 0 fully saturated rings. The Morgan fingerprint density at radius 1 is 1.21 bits per heavy atom. The molecule has 0 spiro atoms. The van der Waals surface area contributed by atoms with E-state index < -0.39 is 0 Å². The minimum absolute atomic E-state index is 0.270. The molecule has 19 heavy (non-hydrogen) atoms. The Balaban J connectivity index is 1.87. The normalized spacial score (nSPS) is 17.9. The third kappa shape index (κ3) is 2.59. The van der Waals surface area contributed by atoms with Crippen molar-refractivity contribution in [3.8, 4) is 0 Å². The fraction of sp³-hybridized carbons (Fsp3) is 0.133. The number of ether oxygens (including phenoxy) is 1. The van der Waals surface area contributed by atoms with Gasteiger partial charge in [0.1, 0.15) is 0 Å². The molecule has 2 aromatic rings. The first-order valence-corrected chi connectivity index (χ1v) is 6.97. The Morgan fingerprint density at radius 3 is 2.74 bits per heavy atom. The van der Waals surface area contributed by atoms with Crippen LogP contribution in [0.1, 0.15) is 22.2 Å². The first kappa shape index (κ1) is 12.1. The molecule has 0 aliphatic carbocycles. The van der Waals surface area contributed by atoms with E-state index in [-0.39, 0.29) is 6.23 Å². The molecule has 0 bridgehead atoms. The van der Waals surface area contributed by atoms with Crippen LogP contribution in [0.2, 0.25) is 0 Å². The smallest absolute Gasteiger partial charge is 0.215 e. The van der Waals surface area contributed by atoms with E-state index in [1.165, 1.54) is 0 Å². The summed E-state index contributed by atoms with van der Waals surface area (Å²) in [6.45, 7) is 0.551. The molecule has 0 amide bonds. The van der Waals surface area contributed by atoms with Gasteiger partial charge in [-0.1, -0.05) is 30.3 Å². The average Bonchev–Trinajstić information content (AvgIpc) is 3.02. The molecule has 0 saturated carbocycles. The van der Waals surface area contributed by atoms with Crippen LogP contribution in [0.15, 0.2) is 59.1 Å². The van der Waals surface area contributed by atoms with Crippen molar-refractivity contribution < 1.29 is 4.74 Å². The van der Waals surface area contributed by atoms with Gasteiger partial charge in [0.25, 0.3) is 0 Å². The van der Waals surface area contributed by atoms with Crippen LogP contribution in [0.4, 0.5) is 0 Å². The Hall–Kier alpha value is -1.91. The molecule has 1 unspecified atom stereocenters. The number of hydrogen-bond donors (Lipinski definition) is 1. The van der Waals surface area contributed by atoms with E-state index in [0.717, 1.165) is 21.7 Å². The molecular weight excluding hydrogens is 256 g/mol. The second kappa shape index (κ2) is 5.38. The van der Waals surface area contributed by atoms with Crippen LogP contribution >= 0.6 is 11.3 Å². The molecule has 2 N–H and O–H groups in total. The number of nitrogens with two attached hydrogens (primary N) is 1. The summed E-state index contributed by atoms with van der Waals surface area (Å²) in [5.74, 6) is 0. The molecule has 0 saturated heterocycles. The van der Waals surface area contributed by atoms with Gasteiger partial charge in [-0.3, -0.25) is 0 Å². The molecule has 1 aromatic carbocycles. The third-order valence-electron chi connectivity index (χ3n) is 2.96. The van der Waals surface area contributed by atoms with Crippen molar-refractivity contribution in [2.24, 2.45) is 10.7 Å². The molecule has 2 heterocycles. The summed E-state index contributed by atoms with van der Waals surface area (Å²) in [5, 5.41) is 2.05. The van der Waals surface area contributed by atoms with Crippen LogP contribution in [0.3, 0.4) is 0 Å². The monoisotopic (exact) mass is 270 g/mol. The van der Waals surface area contributed by atoms with E-state index in [9.17, 15) is 0 Å². The number of allylic oxidation sites excluding steroid dienone is 1. The molecule has 1 aliphatic heterocycles. The number of thiophene rings is 1. The first-order valence-electron chi connectivity index (χ1n) is 6.09. The SMILES string of the molecule is NCc1ccc(C2N=C(c3cccs3)C=CO2)cc1. The summed E-state index contributed by atoms with van der Waals surface area (Å²) >= 11 is 1.68. The van der Waals surface area contributed by atoms with E-state index in [1.54, 1.807) is 17.6 Å². The van der Waals surface area contributed by atoms with E-state index in [1.807, 2.05) is 41.8 Å². The van der Waals surface area contributed by atoms with Crippen molar-refractivity contribution in [3.63, 3.8) is 0 Å². The molecule has 1 atom stereocenters. The van der Waals surface area contributed by atoms with Crippen molar-refractivity contribution in [1.29, 1.82) is 0 Å². The molecule has 3 rings (SSSR count). The number of aliphatic imine (C=N–C) groups is 1. The minimum atomic E-state index is -0.270. The fourth-order valence-electron chi connectivity index (χ4n) is 1.92. The Kier molecular flexibility index (Phi) is 3.44. The highest BCUT2D eigenvalue weighted by molar-refractivity contribution is 7.12. The van der Waals surface area contributed by atoms with Crippen LogP contribution in [0.5, 0.6) is 0 Å². The summed E-state index contributed by atoms with van der Waals surface area (Å²) in [4.78, 5) is 5.79. The maximum atomic E-state index is 5.60. The highest BCUT2D eigenvalue weighted by Gasteiger charge is 2.15. The molecule has 96 valence electrons. The van der Waals surface area contributed by atoms with Gasteiger partial charge in [-0.25, -0.2) is 4.99 Å². The lowest BCUT2D eigenvalue weighted by Crippen LogP contribution is -2.08. The lowest BCUT2D eigenvalue weighted by Gasteiger charge is -2.17. The van der Waals surface area contributed by atoms with Gasteiger partial charge in [-0.15, -0.1) is 11.3 Å². The maximum absolute atomic E-state index is 5.60. The second-order valence-corrected chi connectivity index (χ2v) is 5.18. The first-order chi connectivity index (χ1) is 9.36. The fourth-order valence-corrected chi connectivity index (χ4v) is 2.62. The summed E-state index contributed by atoms with van der Waals surface area (Å²) < 4.78 is 5.57. The lowest BCUT2D eigenvalue weighted by atomic mass is 10.1. The van der Waals surface area contributed by atoms with Gasteiger partial charge in [-0.2, -0.15) is 0 Å². The van der Waals surface area contributed by atoms with Crippen LogP contribution < -0.4 is 5.73 Å². The second-order valence-electron chi connectivity index (χ2n) is 4.23. The summed E-state index contributed by atoms with van der Waals surface area (Å²) in [5.41, 5.74) is 8.71. The van der Waals surface area contributed by atoms with Crippen LogP contribution in [0, 0.1) is 0 Å². The van der Waals surface area contributed by atoms with Gasteiger partial charge in [0.15, 0.2) is 0 Å². The van der Waals surface area contributed by atoms with E-state index in [4.69, 9.17) is 10.5 Å². The summed E-state index contributed by atoms with van der Waals surface area (Å²) in [6, 6.07) is 12.1. The number of rotatable bonds is 3. The molecule has 3 nitrogen and oxygen atoms in total. The van der Waals surface area contributed by atoms with Crippen molar-refractivity contribution in [1.82, 2.24) is 0 Å². The Morgan fingerprint density at radius 2 is 2.05 bits per heavy atom. The third-order valence-corrected chi connectivity index (χ3v) is 3.86. The minimum Gasteiger partial charge on any atom is -0.472 e. The maximum Gasteiger partial charge on any atom is 0.215 e. The van der Waals surface area contributed by atoms with Crippen molar-refractivity contribution in [3.05, 3.63) is 70.1 Å². The van der Waals surface area contributed by atoms with Crippen LogP contribution in [-0.4, -0.2) is 5.71 Å². The highest BCUT2D eigenvalue weighted by Crippen LogP contribution is 2.25. The molecule has 4 heteroatoms. The molecule has 1 aromatic heterocycles. The molecule has 1 aliphatic rings. The Labute approximate surface area is 116 Å². The summed E-state index contributed by atoms with van der Waals surface area (Å²) in [6.07, 6.45) is 3.34. The predicted octanol–water partition coefficient (Wildman–Crippen LogP) is 3.24. The van der Waals surface area contributed by atoms with Crippen LogP contribution in [-0.2, 0) is 11.3 Å². The zero-order chi connectivity index (χ0) is 13.1. The van der Waals surface area contributed by atoms with Gasteiger partial charge in [-0.05, 0) is 23.1 Å². The zero-order valence-corrected chi connectivity index (χ0v) is 11.1. The van der Waals surface area contributed by atoms with Gasteiger partial charge in [0.05, 0.1) is 16.9 Å². The molecular formula is C15H14N2OS. The average molecular weight is 270 g/mol. The van der Waals surface area contributed by atoms with Gasteiger partial charge in [0.2, 0.25) is 6.23 Å². The topological polar surface area (TPSA) is 47.6 Å². The van der Waals surface area contributed by atoms with Crippen LogP contribution in [0.25, 0.3) is 0 Å². The molecule has 0 radical (unpaired) electrons. The largest absolute Gasteiger partial charge is 0.472 e. The quantitative estimate of drug-likeness (QED) is 0.930. The number of benzene rings is 1. The number of hydrogen-bond acceptors (Lipinski definition) is 4. The van der Waals surface area contributed by atoms with E-state index in [0.29, 0.717) is 6.54 Å². The van der Waals surface area contributed by atoms with Crippen molar-refractivity contribution in [2.75, 3.05) is 0 Å². The highest BCUT2D eigenvalue weighted by atomic mass is 32.1. The summed E-state index contributed by atoms with van der Waals surface area (Å²) in [7, 11) is 0. The van der Waals surface area contributed by atoms with Gasteiger partial charge < -0.3 is 10.5 Å². The van der Waals surface area contributed by atoms with Gasteiger partial charge >= 0.3 is 0 Å². The van der Waals surface area contributed by atoms with E-state index in [2.05, 4.69) is 11.1 Å². The Bertz CT molecular complexity index is 600. The van der Waals surface area contributed by atoms with Crippen molar-refractivity contribution >= 4 is 17.0 Å². The zero-order valence-electron chi connectivity index (χ0n) is 10.3. The van der Waals surface area contributed by atoms with Crippen molar-refractivity contribution in [2.45, 2.75) is 12.8 Å². The predicted molar refractivity (Wildman–Crippen MR) is 78.2 cm³/mol. The van der Waals surface area contributed by atoms with E-state index >= 15 is 0 Å². The standard InChI is InChI=1S/C15H14N2OS/c16-10-11-3-5-12(6-4-11)15-17-13(7-8-18-15)14-2-1-9-19-14/h1-9,15H,10,16H2. The van der Waals surface area contributed by atoms with Gasteiger partial charge in [0, 0.05) is 12.1 Å².